The standard InChI is InChI=1S/C18H17BrFNO3/c1-12-5-3-4-6-13(12)10-21(2)17(22)11-24-18(23)15-8-7-14(19)9-16(15)20/h3-9H,10-11H2,1-2H3. The summed E-state index contributed by atoms with van der Waals surface area (Å²) < 4.78 is 19.1. The number of hydrogen-bond donors (Lipinski definition) is 0. The molecule has 0 N–H and O–H groups in total. The third kappa shape index (κ3) is 4.64. The van der Waals surface area contributed by atoms with Gasteiger partial charge in [-0.1, -0.05) is 40.2 Å². The molecule has 0 atom stereocenters. The van der Waals surface area contributed by atoms with Gasteiger partial charge < -0.3 is 9.64 Å². The molecule has 24 heavy (non-hydrogen) atoms. The minimum absolute atomic E-state index is 0.201. The average Bonchev–Trinajstić information content (AvgIpc) is 2.54. The number of nitrogens with zero attached hydrogens (tertiary/aromatic N) is 1. The van der Waals surface area contributed by atoms with Crippen molar-refractivity contribution in [3.8, 4) is 0 Å². The summed E-state index contributed by atoms with van der Waals surface area (Å²) >= 11 is 3.11. The molecule has 0 fully saturated rings. The quantitative estimate of drug-likeness (QED) is 0.727. The fraction of sp³-hybridized carbons (Fsp3) is 0.222. The molecule has 0 radical (unpaired) electrons. The Balaban J connectivity index is 1.92. The van der Waals surface area contributed by atoms with Gasteiger partial charge in [-0.3, -0.25) is 4.79 Å². The third-order valence-electron chi connectivity index (χ3n) is 3.57. The zero-order valence-corrected chi connectivity index (χ0v) is 15.0. The molecule has 126 valence electrons. The van der Waals surface area contributed by atoms with E-state index in [1.165, 1.54) is 23.1 Å². The molecule has 4 nitrogen and oxygen atoms in total. The predicted octanol–water partition coefficient (Wildman–Crippen LogP) is 3.71. The first-order valence-corrected chi connectivity index (χ1v) is 8.08. The van der Waals surface area contributed by atoms with Crippen molar-refractivity contribution in [1.29, 1.82) is 0 Å². The number of carbonyl (C=O) groups is 2. The Hall–Kier alpha value is -2.21. The summed E-state index contributed by atoms with van der Waals surface area (Å²) in [6.07, 6.45) is 0. The number of hydrogen-bond acceptors (Lipinski definition) is 3. The molecule has 0 unspecified atom stereocenters. The van der Waals surface area contributed by atoms with E-state index in [9.17, 15) is 14.0 Å². The molecule has 0 saturated heterocycles. The molecule has 0 spiro atoms. The first-order valence-electron chi connectivity index (χ1n) is 7.29. The van der Waals surface area contributed by atoms with Gasteiger partial charge in [-0.05, 0) is 36.2 Å². The Morgan fingerprint density at radius 3 is 2.58 bits per heavy atom. The highest BCUT2D eigenvalue weighted by molar-refractivity contribution is 9.10. The molecule has 0 saturated carbocycles. The molecule has 2 aromatic rings. The molecule has 0 aliphatic carbocycles. The molecule has 0 heterocycles. The maximum absolute atomic E-state index is 13.7. The summed E-state index contributed by atoms with van der Waals surface area (Å²) in [6, 6.07) is 11.7. The second-order valence-corrected chi connectivity index (χ2v) is 6.29. The van der Waals surface area contributed by atoms with Crippen molar-refractivity contribution in [3.63, 3.8) is 0 Å². The van der Waals surface area contributed by atoms with Crippen molar-refractivity contribution < 1.29 is 18.7 Å². The molecular weight excluding hydrogens is 377 g/mol. The summed E-state index contributed by atoms with van der Waals surface area (Å²) in [5.74, 6) is -1.92. The minimum Gasteiger partial charge on any atom is -0.452 e. The van der Waals surface area contributed by atoms with Gasteiger partial charge in [-0.25, -0.2) is 9.18 Å². The lowest BCUT2D eigenvalue weighted by Gasteiger charge is -2.18. The van der Waals surface area contributed by atoms with Crippen molar-refractivity contribution >= 4 is 27.8 Å². The van der Waals surface area contributed by atoms with Gasteiger partial charge in [0.05, 0.1) is 5.56 Å². The van der Waals surface area contributed by atoms with E-state index in [-0.39, 0.29) is 11.5 Å². The van der Waals surface area contributed by atoms with Crippen LogP contribution in [0.15, 0.2) is 46.9 Å². The largest absolute Gasteiger partial charge is 0.452 e. The normalized spacial score (nSPS) is 10.3. The zero-order chi connectivity index (χ0) is 17.7. The summed E-state index contributed by atoms with van der Waals surface area (Å²) in [6.45, 7) is 1.94. The highest BCUT2D eigenvalue weighted by atomic mass is 79.9. The molecule has 6 heteroatoms. The van der Waals surface area contributed by atoms with E-state index < -0.39 is 18.4 Å². The highest BCUT2D eigenvalue weighted by Crippen LogP contribution is 2.16. The number of likely N-dealkylation sites (N-methyl/N-ethyl adjacent to an activating group) is 1. The lowest BCUT2D eigenvalue weighted by atomic mass is 10.1. The SMILES string of the molecule is Cc1ccccc1CN(C)C(=O)COC(=O)c1ccc(Br)cc1F. The van der Waals surface area contributed by atoms with Gasteiger partial charge in [0.1, 0.15) is 5.82 Å². The van der Waals surface area contributed by atoms with Crippen LogP contribution in [-0.2, 0) is 16.1 Å². The molecule has 0 aliphatic heterocycles. The molecule has 0 aromatic heterocycles. The monoisotopic (exact) mass is 393 g/mol. The van der Waals surface area contributed by atoms with E-state index in [1.807, 2.05) is 31.2 Å². The van der Waals surface area contributed by atoms with Crippen LogP contribution >= 0.6 is 15.9 Å². The van der Waals surface area contributed by atoms with Gasteiger partial charge in [-0.15, -0.1) is 0 Å². The molecule has 0 aliphatic rings. The van der Waals surface area contributed by atoms with Crippen LogP contribution in [0.25, 0.3) is 0 Å². The Bertz CT molecular complexity index is 764. The van der Waals surface area contributed by atoms with Gasteiger partial charge >= 0.3 is 5.97 Å². The molecule has 0 bridgehead atoms. The Labute approximate surface area is 148 Å². The first kappa shape index (κ1) is 18.1. The van der Waals surface area contributed by atoms with Gasteiger partial charge in [0.15, 0.2) is 6.61 Å². The zero-order valence-electron chi connectivity index (χ0n) is 13.4. The van der Waals surface area contributed by atoms with Crippen LogP contribution in [0.2, 0.25) is 0 Å². The predicted molar refractivity (Wildman–Crippen MR) is 92.0 cm³/mol. The fourth-order valence-corrected chi connectivity index (χ4v) is 2.43. The molecular formula is C18H17BrFNO3. The van der Waals surface area contributed by atoms with Crippen molar-refractivity contribution in [2.45, 2.75) is 13.5 Å². The van der Waals surface area contributed by atoms with Crippen LogP contribution in [0.3, 0.4) is 0 Å². The van der Waals surface area contributed by atoms with Gasteiger partial charge in [-0.2, -0.15) is 0 Å². The summed E-state index contributed by atoms with van der Waals surface area (Å²) in [7, 11) is 1.63. The minimum atomic E-state index is -0.863. The number of benzene rings is 2. The smallest absolute Gasteiger partial charge is 0.341 e. The van der Waals surface area contributed by atoms with E-state index in [0.717, 1.165) is 11.1 Å². The second kappa shape index (κ2) is 8.06. The number of aryl methyl sites for hydroxylation is 1. The number of esters is 1. The van der Waals surface area contributed by atoms with E-state index in [0.29, 0.717) is 11.0 Å². The van der Waals surface area contributed by atoms with E-state index in [2.05, 4.69) is 15.9 Å². The maximum atomic E-state index is 13.7. The summed E-state index contributed by atoms with van der Waals surface area (Å²) in [4.78, 5) is 25.4. The van der Waals surface area contributed by atoms with Crippen molar-refractivity contribution in [2.24, 2.45) is 0 Å². The van der Waals surface area contributed by atoms with E-state index >= 15 is 0 Å². The van der Waals surface area contributed by atoms with Crippen LogP contribution in [0.5, 0.6) is 0 Å². The van der Waals surface area contributed by atoms with E-state index in [4.69, 9.17) is 4.74 Å². The summed E-state index contributed by atoms with van der Waals surface area (Å²) in [5, 5.41) is 0. The van der Waals surface area contributed by atoms with E-state index in [1.54, 1.807) is 7.05 Å². The van der Waals surface area contributed by atoms with Crippen LogP contribution in [0.4, 0.5) is 4.39 Å². The topological polar surface area (TPSA) is 46.6 Å². The Morgan fingerprint density at radius 2 is 1.92 bits per heavy atom. The second-order valence-electron chi connectivity index (χ2n) is 5.38. The maximum Gasteiger partial charge on any atom is 0.341 e. The number of halogens is 2. The summed E-state index contributed by atoms with van der Waals surface area (Å²) in [5.41, 5.74) is 1.89. The average molecular weight is 394 g/mol. The molecule has 1 amide bonds. The van der Waals surface area contributed by atoms with Gasteiger partial charge in [0.25, 0.3) is 5.91 Å². The highest BCUT2D eigenvalue weighted by Gasteiger charge is 2.17. The third-order valence-corrected chi connectivity index (χ3v) is 4.07. The number of carbonyl (C=O) groups excluding carboxylic acids is 2. The number of ether oxygens (including phenoxy) is 1. The Morgan fingerprint density at radius 1 is 1.21 bits per heavy atom. The van der Waals surface area contributed by atoms with Crippen molar-refractivity contribution in [1.82, 2.24) is 4.90 Å². The van der Waals surface area contributed by atoms with Crippen LogP contribution in [0, 0.1) is 12.7 Å². The van der Waals surface area contributed by atoms with Crippen molar-refractivity contribution in [3.05, 3.63) is 69.4 Å². The number of rotatable bonds is 5. The fourth-order valence-electron chi connectivity index (χ4n) is 2.10. The van der Waals surface area contributed by atoms with Gasteiger partial charge in [0.2, 0.25) is 0 Å². The lowest BCUT2D eigenvalue weighted by molar-refractivity contribution is -0.133. The Kier molecular flexibility index (Phi) is 6.09. The first-order chi connectivity index (χ1) is 11.4. The van der Waals surface area contributed by atoms with Crippen LogP contribution < -0.4 is 0 Å². The lowest BCUT2D eigenvalue weighted by Crippen LogP contribution is -2.31. The van der Waals surface area contributed by atoms with Crippen molar-refractivity contribution in [2.75, 3.05) is 13.7 Å². The van der Waals surface area contributed by atoms with Crippen LogP contribution in [-0.4, -0.2) is 30.4 Å². The number of amides is 1. The molecule has 2 aromatic carbocycles. The van der Waals surface area contributed by atoms with Gasteiger partial charge in [0, 0.05) is 18.1 Å². The van der Waals surface area contributed by atoms with Crippen LogP contribution in [0.1, 0.15) is 21.5 Å². The molecule has 2 rings (SSSR count).